The Bertz CT molecular complexity index is 458. The van der Waals surface area contributed by atoms with Crippen LogP contribution in [0.25, 0.3) is 0 Å². The molecule has 7 heteroatoms. The average molecular weight is 240 g/mol. The largest absolute Gasteiger partial charge is 0.466 e. The molecule has 0 saturated carbocycles. The van der Waals surface area contributed by atoms with Gasteiger partial charge in [-0.1, -0.05) is 0 Å². The molecule has 7 nitrogen and oxygen atoms in total. The molecule has 0 unspecified atom stereocenters. The molecule has 0 radical (unpaired) electrons. The van der Waals surface area contributed by atoms with E-state index >= 15 is 0 Å². The first-order valence-corrected chi connectivity index (χ1v) is 4.78. The molecule has 0 fully saturated rings. The summed E-state index contributed by atoms with van der Waals surface area (Å²) in [5, 5.41) is 10.8. The molecule has 0 aliphatic rings. The second kappa shape index (κ2) is 5.24. The van der Waals surface area contributed by atoms with Crippen molar-refractivity contribution in [2.45, 2.75) is 13.8 Å². The number of rotatable bonds is 4. The van der Waals surface area contributed by atoms with E-state index in [1.165, 1.54) is 7.11 Å². The third-order valence-corrected chi connectivity index (χ3v) is 2.02. The van der Waals surface area contributed by atoms with Crippen LogP contribution in [-0.4, -0.2) is 29.6 Å². The zero-order valence-electron chi connectivity index (χ0n) is 9.72. The van der Waals surface area contributed by atoms with Crippen LogP contribution in [0.5, 0.6) is 5.88 Å². The van der Waals surface area contributed by atoms with Crippen LogP contribution in [0.4, 0.5) is 5.69 Å². The molecular formula is C10H12N2O5. The summed E-state index contributed by atoms with van der Waals surface area (Å²) in [6.45, 7) is 2.85. The van der Waals surface area contributed by atoms with Gasteiger partial charge < -0.3 is 9.47 Å². The normalized spacial score (nSPS) is 9.82. The number of carbonyl (C=O) groups is 1. The highest BCUT2D eigenvalue weighted by Crippen LogP contribution is 2.28. The molecule has 0 spiro atoms. The highest BCUT2D eigenvalue weighted by Gasteiger charge is 2.22. The molecule has 1 aromatic rings. The van der Waals surface area contributed by atoms with Crippen LogP contribution >= 0.6 is 0 Å². The summed E-state index contributed by atoms with van der Waals surface area (Å²) in [4.78, 5) is 25.0. The van der Waals surface area contributed by atoms with Crippen molar-refractivity contribution in [3.63, 3.8) is 0 Å². The highest BCUT2D eigenvalue weighted by molar-refractivity contribution is 5.71. The number of aromatic nitrogens is 1. The first-order valence-electron chi connectivity index (χ1n) is 4.78. The number of nitrogens with zero attached hydrogens (tertiary/aromatic N) is 2. The minimum Gasteiger partial charge on any atom is -0.466 e. The van der Waals surface area contributed by atoms with Crippen molar-refractivity contribution < 1.29 is 19.2 Å². The molecule has 92 valence electrons. The fraction of sp³-hybridized carbons (Fsp3) is 0.400. The van der Waals surface area contributed by atoms with E-state index in [0.29, 0.717) is 11.3 Å². The predicted octanol–water partition coefficient (Wildman–Crippen LogP) is 1.16. The average Bonchev–Trinajstić information content (AvgIpc) is 2.24. The lowest BCUT2D eigenvalue weighted by Gasteiger charge is -2.07. The van der Waals surface area contributed by atoms with Gasteiger partial charge in [-0.3, -0.25) is 10.1 Å². The minimum atomic E-state index is -0.625. The van der Waals surface area contributed by atoms with E-state index in [2.05, 4.69) is 9.72 Å². The lowest BCUT2D eigenvalue weighted by Crippen LogP contribution is -2.14. The molecule has 1 heterocycles. The van der Waals surface area contributed by atoms with E-state index in [0.717, 1.165) is 0 Å². The first kappa shape index (κ1) is 12.9. The molecule has 1 rings (SSSR count). The Kier molecular flexibility index (Phi) is 3.97. The molecule has 0 aliphatic carbocycles. The summed E-state index contributed by atoms with van der Waals surface area (Å²) in [5.74, 6) is -0.793. The fourth-order valence-corrected chi connectivity index (χ4v) is 1.30. The Morgan fingerprint density at radius 2 is 2.18 bits per heavy atom. The molecule has 0 saturated heterocycles. The lowest BCUT2D eigenvalue weighted by molar-refractivity contribution is -0.386. The van der Waals surface area contributed by atoms with Gasteiger partial charge in [-0.25, -0.2) is 9.78 Å². The summed E-state index contributed by atoms with van der Waals surface area (Å²) in [7, 11) is 1.20. The number of aryl methyl sites for hydroxylation is 2. The standard InChI is InChI=1S/C10H12N2O5/c1-6-4-7(2)11-10(9(6)12(14)15)17-5-8(13)16-3/h4H,5H2,1-3H3. The van der Waals surface area contributed by atoms with Crippen molar-refractivity contribution in [2.75, 3.05) is 13.7 Å². The van der Waals surface area contributed by atoms with E-state index in [4.69, 9.17) is 4.74 Å². The van der Waals surface area contributed by atoms with Crippen LogP contribution in [-0.2, 0) is 9.53 Å². The number of methoxy groups -OCH3 is 1. The van der Waals surface area contributed by atoms with Gasteiger partial charge in [-0.2, -0.15) is 0 Å². The minimum absolute atomic E-state index is 0.169. The van der Waals surface area contributed by atoms with E-state index in [9.17, 15) is 14.9 Å². The van der Waals surface area contributed by atoms with Crippen molar-refractivity contribution in [3.8, 4) is 5.88 Å². The van der Waals surface area contributed by atoms with Crippen molar-refractivity contribution in [2.24, 2.45) is 0 Å². The van der Waals surface area contributed by atoms with Gasteiger partial charge in [0, 0.05) is 11.3 Å². The second-order valence-corrected chi connectivity index (χ2v) is 3.36. The number of hydrogen-bond acceptors (Lipinski definition) is 6. The summed E-state index contributed by atoms with van der Waals surface area (Å²) in [6, 6.07) is 1.57. The third kappa shape index (κ3) is 3.13. The van der Waals surface area contributed by atoms with Crippen LogP contribution in [0.3, 0.4) is 0 Å². The maximum Gasteiger partial charge on any atom is 0.343 e. The zero-order chi connectivity index (χ0) is 13.0. The van der Waals surface area contributed by atoms with Crippen molar-refractivity contribution >= 4 is 11.7 Å². The van der Waals surface area contributed by atoms with E-state index < -0.39 is 17.5 Å². The number of esters is 1. The van der Waals surface area contributed by atoms with Gasteiger partial charge in [0.25, 0.3) is 5.88 Å². The van der Waals surface area contributed by atoms with Crippen LogP contribution in [0.1, 0.15) is 11.3 Å². The summed E-state index contributed by atoms with van der Waals surface area (Å²) < 4.78 is 9.36. The second-order valence-electron chi connectivity index (χ2n) is 3.36. The van der Waals surface area contributed by atoms with Gasteiger partial charge in [0.15, 0.2) is 6.61 Å². The fourth-order valence-electron chi connectivity index (χ4n) is 1.30. The number of ether oxygens (including phenoxy) is 2. The first-order chi connectivity index (χ1) is 7.95. The van der Waals surface area contributed by atoms with Gasteiger partial charge in [0.2, 0.25) is 0 Å². The number of nitro groups is 1. The number of carbonyl (C=O) groups excluding carboxylic acids is 1. The van der Waals surface area contributed by atoms with Crippen LogP contribution in [0.2, 0.25) is 0 Å². The molecule has 0 aliphatic heterocycles. The van der Waals surface area contributed by atoms with Crippen LogP contribution in [0.15, 0.2) is 6.07 Å². The van der Waals surface area contributed by atoms with Crippen LogP contribution in [0, 0.1) is 24.0 Å². The Labute approximate surface area is 97.5 Å². The Balaban J connectivity index is 3.04. The summed E-state index contributed by atoms with van der Waals surface area (Å²) in [5.41, 5.74) is 0.773. The zero-order valence-corrected chi connectivity index (χ0v) is 9.72. The predicted molar refractivity (Wildman–Crippen MR) is 57.9 cm³/mol. The molecule has 0 amide bonds. The topological polar surface area (TPSA) is 91.6 Å². The maximum atomic E-state index is 10.9. The molecule has 17 heavy (non-hydrogen) atoms. The highest BCUT2D eigenvalue weighted by atomic mass is 16.6. The van der Waals surface area contributed by atoms with E-state index in [-0.39, 0.29) is 11.6 Å². The van der Waals surface area contributed by atoms with Crippen molar-refractivity contribution in [1.82, 2.24) is 4.98 Å². The molecule has 0 N–H and O–H groups in total. The van der Waals surface area contributed by atoms with Gasteiger partial charge >= 0.3 is 11.7 Å². The van der Waals surface area contributed by atoms with Crippen LogP contribution < -0.4 is 4.74 Å². The SMILES string of the molecule is COC(=O)COc1nc(C)cc(C)c1[N+](=O)[O-]. The van der Waals surface area contributed by atoms with Gasteiger partial charge in [0.1, 0.15) is 0 Å². The van der Waals surface area contributed by atoms with Gasteiger partial charge in [-0.15, -0.1) is 0 Å². The maximum absolute atomic E-state index is 10.9. The van der Waals surface area contributed by atoms with Gasteiger partial charge in [-0.05, 0) is 19.9 Å². The molecule has 1 aromatic heterocycles. The molecular weight excluding hydrogens is 228 g/mol. The Morgan fingerprint density at radius 1 is 1.53 bits per heavy atom. The van der Waals surface area contributed by atoms with Gasteiger partial charge in [0.05, 0.1) is 12.0 Å². The van der Waals surface area contributed by atoms with E-state index in [1.54, 1.807) is 19.9 Å². The Hall–Kier alpha value is -2.18. The summed E-state index contributed by atoms with van der Waals surface area (Å²) >= 11 is 0. The monoisotopic (exact) mass is 240 g/mol. The third-order valence-electron chi connectivity index (χ3n) is 2.02. The summed E-state index contributed by atoms with van der Waals surface area (Å²) in [6.07, 6.45) is 0. The van der Waals surface area contributed by atoms with Crippen molar-refractivity contribution in [3.05, 3.63) is 27.4 Å². The molecule has 0 atom stereocenters. The Morgan fingerprint density at radius 3 is 2.71 bits per heavy atom. The molecule has 0 aromatic carbocycles. The quantitative estimate of drug-likeness (QED) is 0.445. The number of hydrogen-bond donors (Lipinski definition) is 0. The lowest BCUT2D eigenvalue weighted by atomic mass is 10.2. The van der Waals surface area contributed by atoms with E-state index in [1.807, 2.05) is 0 Å². The smallest absolute Gasteiger partial charge is 0.343 e. The van der Waals surface area contributed by atoms with Crippen molar-refractivity contribution in [1.29, 1.82) is 0 Å². The molecule has 0 bridgehead atoms. The number of pyridine rings is 1.